The molecule has 0 amide bonds. The van der Waals surface area contributed by atoms with Gasteiger partial charge >= 0.3 is 6.09 Å². The summed E-state index contributed by atoms with van der Waals surface area (Å²) in [6.45, 7) is 0. The molecule has 0 saturated carbocycles. The number of nitrogen functional groups attached to an aromatic ring is 1. The number of nitrogens with zero attached hydrogens (tertiary/aromatic N) is 2. The van der Waals surface area contributed by atoms with Crippen LogP contribution in [0.25, 0.3) is 10.9 Å². The first-order valence-electron chi connectivity index (χ1n) is 3.76. The van der Waals surface area contributed by atoms with Crippen molar-refractivity contribution in [3.8, 4) is 0 Å². The highest BCUT2D eigenvalue weighted by molar-refractivity contribution is 14.1. The van der Waals surface area contributed by atoms with E-state index in [4.69, 9.17) is 10.8 Å². The lowest BCUT2D eigenvalue weighted by molar-refractivity contribution is 0.194. The molecule has 6 heteroatoms. The fraction of sp³-hybridized carbons (Fsp3) is 0. The monoisotopic (exact) mass is 303 g/mol. The smallest absolute Gasteiger partial charge is 0.432 e. The Morgan fingerprint density at radius 2 is 2.29 bits per heavy atom. The van der Waals surface area contributed by atoms with Gasteiger partial charge in [-0.25, -0.2) is 4.79 Å². The standard InChI is InChI=1S/C8H6IN3O2/c9-7-5-3-4(10)1-2-6(5)12(11-7)8(13)14/h1-3H,10H2,(H,13,14). The van der Waals surface area contributed by atoms with Crippen LogP contribution in [-0.2, 0) is 0 Å². The minimum absolute atomic E-state index is 0.552. The van der Waals surface area contributed by atoms with Gasteiger partial charge in [0.1, 0.15) is 3.70 Å². The van der Waals surface area contributed by atoms with Crippen molar-refractivity contribution in [2.45, 2.75) is 0 Å². The predicted octanol–water partition coefficient (Wildman–Crippen LogP) is 1.75. The van der Waals surface area contributed by atoms with Gasteiger partial charge in [-0.1, -0.05) is 0 Å². The molecule has 1 aromatic carbocycles. The predicted molar refractivity (Wildman–Crippen MR) is 60.3 cm³/mol. The summed E-state index contributed by atoms with van der Waals surface area (Å²) in [6.07, 6.45) is -1.09. The summed E-state index contributed by atoms with van der Waals surface area (Å²) in [5, 5.41) is 13.5. The number of anilines is 1. The van der Waals surface area contributed by atoms with Crippen LogP contribution in [0, 0.1) is 3.70 Å². The number of halogens is 1. The second kappa shape index (κ2) is 3.12. The third kappa shape index (κ3) is 1.31. The highest BCUT2D eigenvalue weighted by Gasteiger charge is 2.12. The molecule has 0 aliphatic heterocycles. The Morgan fingerprint density at radius 3 is 2.93 bits per heavy atom. The van der Waals surface area contributed by atoms with Crippen LogP contribution in [0.5, 0.6) is 0 Å². The Kier molecular flexibility index (Phi) is 2.06. The molecule has 0 spiro atoms. The minimum Gasteiger partial charge on any atom is -0.463 e. The maximum absolute atomic E-state index is 10.8. The fourth-order valence-corrected chi connectivity index (χ4v) is 1.89. The molecule has 14 heavy (non-hydrogen) atoms. The van der Waals surface area contributed by atoms with Gasteiger partial charge in [-0.3, -0.25) is 0 Å². The van der Waals surface area contributed by atoms with Crippen LogP contribution in [0.3, 0.4) is 0 Å². The van der Waals surface area contributed by atoms with Crippen LogP contribution in [0.15, 0.2) is 18.2 Å². The zero-order valence-electron chi connectivity index (χ0n) is 6.94. The fourth-order valence-electron chi connectivity index (χ4n) is 1.24. The van der Waals surface area contributed by atoms with Crippen molar-refractivity contribution >= 4 is 45.3 Å². The first kappa shape index (κ1) is 9.25. The molecule has 0 aliphatic carbocycles. The number of rotatable bonds is 0. The van der Waals surface area contributed by atoms with E-state index < -0.39 is 6.09 Å². The molecule has 3 N–H and O–H groups in total. The third-order valence-corrected chi connectivity index (χ3v) is 2.64. The van der Waals surface area contributed by atoms with Crippen molar-refractivity contribution in [1.82, 2.24) is 9.78 Å². The molecule has 0 unspecified atom stereocenters. The maximum atomic E-state index is 10.8. The lowest BCUT2D eigenvalue weighted by atomic mass is 10.2. The van der Waals surface area contributed by atoms with Gasteiger partial charge in [0.15, 0.2) is 0 Å². The Morgan fingerprint density at radius 1 is 1.57 bits per heavy atom. The number of benzene rings is 1. The van der Waals surface area contributed by atoms with Crippen molar-refractivity contribution in [3.63, 3.8) is 0 Å². The molecule has 72 valence electrons. The number of hydrogen-bond donors (Lipinski definition) is 2. The molecule has 0 atom stereocenters. The van der Waals surface area contributed by atoms with Crippen molar-refractivity contribution in [1.29, 1.82) is 0 Å². The summed E-state index contributed by atoms with van der Waals surface area (Å²) in [7, 11) is 0. The largest absolute Gasteiger partial charge is 0.463 e. The Balaban J connectivity index is 2.84. The average molecular weight is 303 g/mol. The minimum atomic E-state index is -1.09. The van der Waals surface area contributed by atoms with Crippen molar-refractivity contribution < 1.29 is 9.90 Å². The van der Waals surface area contributed by atoms with Gasteiger partial charge in [0.25, 0.3) is 0 Å². The second-order valence-electron chi connectivity index (χ2n) is 2.76. The van der Waals surface area contributed by atoms with Gasteiger partial charge in [0.05, 0.1) is 5.52 Å². The van der Waals surface area contributed by atoms with E-state index in [9.17, 15) is 4.79 Å². The lowest BCUT2D eigenvalue weighted by Crippen LogP contribution is -2.09. The van der Waals surface area contributed by atoms with Gasteiger partial charge < -0.3 is 10.8 Å². The maximum Gasteiger partial charge on any atom is 0.432 e. The molecule has 2 rings (SSSR count). The summed E-state index contributed by atoms with van der Waals surface area (Å²) < 4.78 is 1.57. The first-order valence-corrected chi connectivity index (χ1v) is 4.84. The summed E-state index contributed by atoms with van der Waals surface area (Å²) in [4.78, 5) is 10.8. The summed E-state index contributed by atoms with van der Waals surface area (Å²) in [5.41, 5.74) is 6.74. The van der Waals surface area contributed by atoms with Crippen LogP contribution < -0.4 is 5.73 Å². The normalized spacial score (nSPS) is 10.6. The molecule has 0 saturated heterocycles. The molecule has 0 fully saturated rings. The van der Waals surface area contributed by atoms with E-state index >= 15 is 0 Å². The molecule has 1 heterocycles. The van der Waals surface area contributed by atoms with Gasteiger partial charge in [-0.2, -0.15) is 9.78 Å². The third-order valence-electron chi connectivity index (χ3n) is 1.84. The SMILES string of the molecule is Nc1ccc2c(c1)c(I)nn2C(=O)O. The number of fused-ring (bicyclic) bond motifs is 1. The van der Waals surface area contributed by atoms with Gasteiger partial charge in [0, 0.05) is 11.1 Å². The zero-order valence-corrected chi connectivity index (χ0v) is 9.09. The number of aromatic nitrogens is 2. The Bertz CT molecular complexity index is 521. The second-order valence-corrected chi connectivity index (χ2v) is 3.78. The van der Waals surface area contributed by atoms with E-state index in [1.807, 2.05) is 22.6 Å². The van der Waals surface area contributed by atoms with Crippen LogP contribution in [0.4, 0.5) is 10.5 Å². The molecule has 0 aliphatic rings. The molecular weight excluding hydrogens is 297 g/mol. The molecule has 2 aromatic rings. The topological polar surface area (TPSA) is 81.1 Å². The highest BCUT2D eigenvalue weighted by atomic mass is 127. The summed E-state index contributed by atoms with van der Waals surface area (Å²) >= 11 is 1.98. The Labute approximate surface area is 92.6 Å². The lowest BCUT2D eigenvalue weighted by Gasteiger charge is -1.95. The Hall–Kier alpha value is -1.31. The number of hydrogen-bond acceptors (Lipinski definition) is 3. The van der Waals surface area contributed by atoms with E-state index in [1.54, 1.807) is 18.2 Å². The first-order chi connectivity index (χ1) is 6.59. The van der Waals surface area contributed by atoms with Gasteiger partial charge in [-0.15, -0.1) is 0 Å². The van der Waals surface area contributed by atoms with Gasteiger partial charge in [-0.05, 0) is 40.8 Å². The van der Waals surface area contributed by atoms with Crippen LogP contribution in [-0.4, -0.2) is 21.0 Å². The van der Waals surface area contributed by atoms with E-state index in [1.165, 1.54) is 0 Å². The number of nitrogens with two attached hydrogens (primary N) is 1. The van der Waals surface area contributed by atoms with Gasteiger partial charge in [0.2, 0.25) is 0 Å². The van der Waals surface area contributed by atoms with Crippen molar-refractivity contribution in [3.05, 3.63) is 21.9 Å². The van der Waals surface area contributed by atoms with Crippen LogP contribution >= 0.6 is 22.6 Å². The molecule has 0 radical (unpaired) electrons. The molecule has 5 nitrogen and oxygen atoms in total. The summed E-state index contributed by atoms with van der Waals surface area (Å²) in [6, 6.07) is 5.01. The summed E-state index contributed by atoms with van der Waals surface area (Å²) in [5.74, 6) is 0. The van der Waals surface area contributed by atoms with Crippen molar-refractivity contribution in [2.75, 3.05) is 5.73 Å². The number of carboxylic acid groups (broad SMARTS) is 1. The van der Waals surface area contributed by atoms with E-state index in [2.05, 4.69) is 5.10 Å². The van der Waals surface area contributed by atoms with E-state index in [0.29, 0.717) is 14.9 Å². The molecule has 1 aromatic heterocycles. The molecular formula is C8H6IN3O2. The van der Waals surface area contributed by atoms with Crippen molar-refractivity contribution in [2.24, 2.45) is 0 Å². The quantitative estimate of drug-likeness (QED) is 0.574. The van der Waals surface area contributed by atoms with E-state index in [-0.39, 0.29) is 0 Å². The average Bonchev–Trinajstić information content (AvgIpc) is 2.44. The van der Waals surface area contributed by atoms with Crippen LogP contribution in [0.1, 0.15) is 0 Å². The zero-order chi connectivity index (χ0) is 10.3. The highest BCUT2D eigenvalue weighted by Crippen LogP contribution is 2.22. The van der Waals surface area contributed by atoms with Crippen LogP contribution in [0.2, 0.25) is 0 Å². The molecule has 0 bridgehead atoms. The number of carbonyl (C=O) groups is 1. The van der Waals surface area contributed by atoms with E-state index in [0.717, 1.165) is 10.1 Å².